The van der Waals surface area contributed by atoms with Crippen LogP contribution in [0.1, 0.15) is 17.9 Å². The summed E-state index contributed by atoms with van der Waals surface area (Å²) in [6, 6.07) is 3.75. The van der Waals surface area contributed by atoms with Crippen LogP contribution in [0.3, 0.4) is 0 Å². The lowest BCUT2D eigenvalue weighted by atomic mass is 9.99. The first-order valence-corrected chi connectivity index (χ1v) is 6.22. The van der Waals surface area contributed by atoms with E-state index in [-0.39, 0.29) is 17.9 Å². The van der Waals surface area contributed by atoms with Gasteiger partial charge in [-0.2, -0.15) is 0 Å². The maximum Gasteiger partial charge on any atom is 0.179 e. The minimum atomic E-state index is -0.219. The number of aliphatic hydroxyl groups excluding tert-OH is 1. The van der Waals surface area contributed by atoms with Crippen molar-refractivity contribution in [2.75, 3.05) is 27.4 Å². The molecule has 2 atom stereocenters. The van der Waals surface area contributed by atoms with Gasteiger partial charge in [-0.25, -0.2) is 0 Å². The van der Waals surface area contributed by atoms with Gasteiger partial charge in [0, 0.05) is 12.0 Å². The van der Waals surface area contributed by atoms with Crippen molar-refractivity contribution in [1.82, 2.24) is 0 Å². The van der Waals surface area contributed by atoms with Crippen LogP contribution in [0.2, 0.25) is 5.02 Å². The molecule has 1 aliphatic rings. The zero-order chi connectivity index (χ0) is 13.3. The molecular weight excluding hydrogens is 254 g/mol. The molecule has 100 valence electrons. The van der Waals surface area contributed by atoms with E-state index < -0.39 is 0 Å². The number of hydrogen-bond acceptors (Lipinski definition) is 4. The summed E-state index contributed by atoms with van der Waals surface area (Å²) >= 11 is 6.34. The zero-order valence-corrected chi connectivity index (χ0v) is 11.3. The topological polar surface area (TPSA) is 64.7 Å². The van der Waals surface area contributed by atoms with Crippen LogP contribution in [0.15, 0.2) is 12.1 Å². The number of rotatable bonds is 5. The molecule has 0 radical (unpaired) electrons. The van der Waals surface area contributed by atoms with Crippen LogP contribution in [0.25, 0.3) is 0 Å². The molecule has 0 amide bonds. The number of ether oxygens (including phenoxy) is 2. The van der Waals surface area contributed by atoms with Gasteiger partial charge in [0.15, 0.2) is 11.5 Å². The van der Waals surface area contributed by atoms with E-state index in [2.05, 4.69) is 0 Å². The van der Waals surface area contributed by atoms with Gasteiger partial charge in [-0.3, -0.25) is 0 Å². The van der Waals surface area contributed by atoms with E-state index in [1.165, 1.54) is 0 Å². The van der Waals surface area contributed by atoms with Gasteiger partial charge in [-0.05, 0) is 24.0 Å². The van der Waals surface area contributed by atoms with Gasteiger partial charge < -0.3 is 20.3 Å². The van der Waals surface area contributed by atoms with Gasteiger partial charge in [0.05, 0.1) is 25.8 Å². The Morgan fingerprint density at radius 1 is 1.44 bits per heavy atom. The second kappa shape index (κ2) is 4.96. The first-order chi connectivity index (χ1) is 8.63. The first kappa shape index (κ1) is 13.5. The largest absolute Gasteiger partial charge is 0.493 e. The first-order valence-electron chi connectivity index (χ1n) is 5.85. The van der Waals surface area contributed by atoms with Crippen molar-refractivity contribution in [2.24, 2.45) is 11.1 Å². The fourth-order valence-electron chi connectivity index (χ4n) is 2.43. The number of hydrogen-bond donors (Lipinski definition) is 2. The Hall–Kier alpha value is -0.970. The Morgan fingerprint density at radius 2 is 2.17 bits per heavy atom. The molecule has 4 nitrogen and oxygen atoms in total. The fraction of sp³-hybridized carbons (Fsp3) is 0.538. The highest BCUT2D eigenvalue weighted by atomic mass is 35.5. The van der Waals surface area contributed by atoms with Crippen molar-refractivity contribution in [3.63, 3.8) is 0 Å². The monoisotopic (exact) mass is 271 g/mol. The van der Waals surface area contributed by atoms with Gasteiger partial charge in [-0.1, -0.05) is 17.7 Å². The summed E-state index contributed by atoms with van der Waals surface area (Å²) in [5.74, 6) is 1.33. The molecule has 1 saturated carbocycles. The van der Waals surface area contributed by atoms with Crippen LogP contribution >= 0.6 is 11.6 Å². The molecule has 18 heavy (non-hydrogen) atoms. The van der Waals surface area contributed by atoms with Gasteiger partial charge in [0.25, 0.3) is 0 Å². The SMILES string of the molecule is COc1ccc(C2CC2(CN)CO)c(Cl)c1OC. The smallest absolute Gasteiger partial charge is 0.179 e. The molecule has 1 aromatic rings. The molecule has 2 unspecified atom stereocenters. The molecule has 0 aliphatic heterocycles. The predicted molar refractivity (Wildman–Crippen MR) is 70.5 cm³/mol. The lowest BCUT2D eigenvalue weighted by Gasteiger charge is -2.15. The number of halogens is 1. The Bertz CT molecular complexity index is 446. The third-order valence-electron chi connectivity index (χ3n) is 3.80. The summed E-state index contributed by atoms with van der Waals surface area (Å²) in [4.78, 5) is 0. The van der Waals surface area contributed by atoms with Crippen molar-refractivity contribution in [1.29, 1.82) is 0 Å². The summed E-state index contributed by atoms with van der Waals surface area (Å²) in [6.45, 7) is 0.539. The molecule has 0 heterocycles. The van der Waals surface area contributed by atoms with Crippen LogP contribution in [-0.2, 0) is 0 Å². The van der Waals surface area contributed by atoms with Crippen molar-refractivity contribution >= 4 is 11.6 Å². The maximum atomic E-state index is 9.43. The Balaban J connectivity index is 2.37. The summed E-state index contributed by atoms with van der Waals surface area (Å²) in [5, 5.41) is 9.97. The van der Waals surface area contributed by atoms with Gasteiger partial charge in [0.2, 0.25) is 0 Å². The molecule has 1 aromatic carbocycles. The Kier molecular flexibility index (Phi) is 3.71. The van der Waals surface area contributed by atoms with Crippen molar-refractivity contribution in [3.8, 4) is 11.5 Å². The number of methoxy groups -OCH3 is 2. The van der Waals surface area contributed by atoms with Gasteiger partial charge >= 0.3 is 0 Å². The van der Waals surface area contributed by atoms with E-state index in [9.17, 15) is 5.11 Å². The highest BCUT2D eigenvalue weighted by Gasteiger charge is 2.54. The molecule has 0 aromatic heterocycles. The number of aliphatic hydroxyl groups is 1. The normalized spacial score (nSPS) is 25.9. The predicted octanol–water partition coefficient (Wildman–Crippen LogP) is 1.78. The lowest BCUT2D eigenvalue weighted by molar-refractivity contribution is 0.211. The van der Waals surface area contributed by atoms with Gasteiger partial charge in [-0.15, -0.1) is 0 Å². The number of benzene rings is 1. The summed E-state index contributed by atoms with van der Waals surface area (Å²) in [6.07, 6.45) is 0.856. The van der Waals surface area contributed by atoms with E-state index in [1.54, 1.807) is 14.2 Å². The Morgan fingerprint density at radius 3 is 2.61 bits per heavy atom. The summed E-state index contributed by atoms with van der Waals surface area (Å²) in [5.41, 5.74) is 6.47. The molecule has 3 N–H and O–H groups in total. The minimum absolute atomic E-state index is 0.0822. The maximum absolute atomic E-state index is 9.43. The van der Waals surface area contributed by atoms with E-state index >= 15 is 0 Å². The number of nitrogens with two attached hydrogens (primary N) is 1. The highest BCUT2D eigenvalue weighted by molar-refractivity contribution is 6.33. The second-order valence-electron chi connectivity index (χ2n) is 4.69. The molecule has 0 saturated heterocycles. The van der Waals surface area contributed by atoms with E-state index in [0.717, 1.165) is 12.0 Å². The third kappa shape index (κ3) is 1.94. The van der Waals surface area contributed by atoms with Crippen LogP contribution in [0.5, 0.6) is 11.5 Å². The summed E-state index contributed by atoms with van der Waals surface area (Å²) < 4.78 is 10.5. The average Bonchev–Trinajstić information content (AvgIpc) is 3.13. The molecule has 1 aliphatic carbocycles. The second-order valence-corrected chi connectivity index (χ2v) is 5.06. The van der Waals surface area contributed by atoms with Crippen LogP contribution in [-0.4, -0.2) is 32.5 Å². The van der Waals surface area contributed by atoms with Crippen molar-refractivity contribution in [2.45, 2.75) is 12.3 Å². The van der Waals surface area contributed by atoms with E-state index in [4.69, 9.17) is 26.8 Å². The van der Waals surface area contributed by atoms with Gasteiger partial charge in [0.1, 0.15) is 0 Å². The van der Waals surface area contributed by atoms with Crippen LogP contribution in [0.4, 0.5) is 0 Å². The molecule has 0 spiro atoms. The Labute approximate surface area is 112 Å². The molecular formula is C13H18ClNO3. The molecule has 5 heteroatoms. The molecule has 0 bridgehead atoms. The van der Waals surface area contributed by atoms with E-state index in [1.807, 2.05) is 12.1 Å². The molecule has 2 rings (SSSR count). The zero-order valence-electron chi connectivity index (χ0n) is 10.6. The van der Waals surface area contributed by atoms with Crippen LogP contribution < -0.4 is 15.2 Å². The van der Waals surface area contributed by atoms with Crippen LogP contribution in [0, 0.1) is 5.41 Å². The lowest BCUT2D eigenvalue weighted by Crippen LogP contribution is -2.21. The fourth-order valence-corrected chi connectivity index (χ4v) is 2.79. The highest BCUT2D eigenvalue weighted by Crippen LogP contribution is 2.60. The van der Waals surface area contributed by atoms with Crippen molar-refractivity contribution < 1.29 is 14.6 Å². The third-order valence-corrected chi connectivity index (χ3v) is 4.19. The summed E-state index contributed by atoms with van der Waals surface area (Å²) in [7, 11) is 3.13. The molecule has 1 fully saturated rings. The van der Waals surface area contributed by atoms with E-state index in [0.29, 0.717) is 23.1 Å². The minimum Gasteiger partial charge on any atom is -0.493 e. The van der Waals surface area contributed by atoms with Crippen molar-refractivity contribution in [3.05, 3.63) is 22.7 Å². The standard InChI is InChI=1S/C13H18ClNO3/c1-17-10-4-3-8(11(14)12(10)18-2)9-5-13(9,6-15)7-16/h3-4,9,16H,5-7,15H2,1-2H3. The average molecular weight is 272 g/mol. The quantitative estimate of drug-likeness (QED) is 0.857.